The van der Waals surface area contributed by atoms with E-state index in [1.165, 1.54) is 45.3 Å². The highest BCUT2D eigenvalue weighted by Crippen LogP contribution is 2.23. The Labute approximate surface area is 113 Å². The van der Waals surface area contributed by atoms with Gasteiger partial charge in [-0.05, 0) is 73.1 Å². The molecule has 1 heterocycles. The SMILES string of the molecule is CNC1(C)CCN(CCCCC(C)(C)C#N)CC1. The Kier molecular flexibility index (Phi) is 5.62. The zero-order chi connectivity index (χ0) is 13.6. The molecule has 3 nitrogen and oxygen atoms in total. The maximum Gasteiger partial charge on any atom is 0.0683 e. The minimum Gasteiger partial charge on any atom is -0.314 e. The van der Waals surface area contributed by atoms with E-state index in [0.717, 1.165) is 6.42 Å². The highest BCUT2D eigenvalue weighted by Gasteiger charge is 2.27. The molecule has 1 aliphatic heterocycles. The van der Waals surface area contributed by atoms with Gasteiger partial charge in [0.2, 0.25) is 0 Å². The first-order valence-corrected chi connectivity index (χ1v) is 7.23. The van der Waals surface area contributed by atoms with Gasteiger partial charge in [-0.1, -0.05) is 6.42 Å². The van der Waals surface area contributed by atoms with Crippen LogP contribution in [-0.2, 0) is 0 Å². The molecule has 0 amide bonds. The van der Waals surface area contributed by atoms with Gasteiger partial charge in [-0.25, -0.2) is 0 Å². The van der Waals surface area contributed by atoms with Crippen molar-refractivity contribution < 1.29 is 0 Å². The Balaban J connectivity index is 2.14. The predicted octanol–water partition coefficient (Wildman–Crippen LogP) is 2.78. The average molecular weight is 251 g/mol. The van der Waals surface area contributed by atoms with E-state index >= 15 is 0 Å². The number of hydrogen-bond acceptors (Lipinski definition) is 3. The van der Waals surface area contributed by atoms with Crippen LogP contribution in [0.4, 0.5) is 0 Å². The molecular formula is C15H29N3. The highest BCUT2D eigenvalue weighted by molar-refractivity contribution is 4.91. The van der Waals surface area contributed by atoms with Crippen LogP contribution in [0.5, 0.6) is 0 Å². The molecule has 0 saturated carbocycles. The molecule has 1 rings (SSSR count). The number of rotatable bonds is 6. The maximum atomic E-state index is 8.96. The number of unbranched alkanes of at least 4 members (excludes halogenated alkanes) is 1. The van der Waals surface area contributed by atoms with Gasteiger partial charge in [0.25, 0.3) is 0 Å². The molecule has 0 atom stereocenters. The van der Waals surface area contributed by atoms with Gasteiger partial charge in [0.1, 0.15) is 0 Å². The van der Waals surface area contributed by atoms with E-state index in [9.17, 15) is 0 Å². The maximum absolute atomic E-state index is 8.96. The summed E-state index contributed by atoms with van der Waals surface area (Å²) < 4.78 is 0. The van der Waals surface area contributed by atoms with E-state index in [4.69, 9.17) is 5.26 Å². The quantitative estimate of drug-likeness (QED) is 0.738. The zero-order valence-electron chi connectivity index (χ0n) is 12.6. The van der Waals surface area contributed by atoms with Gasteiger partial charge in [0.05, 0.1) is 11.5 Å². The summed E-state index contributed by atoms with van der Waals surface area (Å²) in [6, 6.07) is 2.38. The van der Waals surface area contributed by atoms with Crippen molar-refractivity contribution in [2.45, 2.75) is 58.4 Å². The van der Waals surface area contributed by atoms with Gasteiger partial charge >= 0.3 is 0 Å². The Morgan fingerprint density at radius 3 is 2.39 bits per heavy atom. The number of nitrogens with one attached hydrogen (secondary N) is 1. The van der Waals surface area contributed by atoms with Crippen LogP contribution in [0.3, 0.4) is 0 Å². The van der Waals surface area contributed by atoms with Crippen molar-refractivity contribution in [3.63, 3.8) is 0 Å². The molecule has 0 spiro atoms. The second-order valence-electron chi connectivity index (χ2n) is 6.61. The molecule has 0 aliphatic carbocycles. The van der Waals surface area contributed by atoms with Crippen LogP contribution in [0.15, 0.2) is 0 Å². The van der Waals surface area contributed by atoms with Crippen LogP contribution < -0.4 is 5.32 Å². The molecule has 1 saturated heterocycles. The zero-order valence-corrected chi connectivity index (χ0v) is 12.6. The van der Waals surface area contributed by atoms with Gasteiger partial charge < -0.3 is 10.2 Å². The summed E-state index contributed by atoms with van der Waals surface area (Å²) in [6.07, 6.45) is 5.90. The first-order chi connectivity index (χ1) is 8.41. The van der Waals surface area contributed by atoms with E-state index in [0.29, 0.717) is 5.54 Å². The van der Waals surface area contributed by atoms with E-state index in [2.05, 4.69) is 30.3 Å². The number of nitriles is 1. The number of piperidine rings is 1. The van der Waals surface area contributed by atoms with Crippen molar-refractivity contribution in [3.8, 4) is 6.07 Å². The Hall–Kier alpha value is -0.590. The molecule has 1 fully saturated rings. The Morgan fingerprint density at radius 1 is 1.28 bits per heavy atom. The summed E-state index contributed by atoms with van der Waals surface area (Å²) in [6.45, 7) is 10.00. The summed E-state index contributed by atoms with van der Waals surface area (Å²) in [5.74, 6) is 0. The van der Waals surface area contributed by atoms with Crippen molar-refractivity contribution >= 4 is 0 Å². The molecular weight excluding hydrogens is 222 g/mol. The van der Waals surface area contributed by atoms with E-state index in [1.54, 1.807) is 0 Å². The van der Waals surface area contributed by atoms with Gasteiger partial charge in [-0.3, -0.25) is 0 Å². The van der Waals surface area contributed by atoms with E-state index in [-0.39, 0.29) is 5.41 Å². The third-order valence-electron chi connectivity index (χ3n) is 4.39. The number of likely N-dealkylation sites (tertiary alicyclic amines) is 1. The minimum absolute atomic E-state index is 0.146. The lowest BCUT2D eigenvalue weighted by molar-refractivity contribution is 0.149. The molecule has 1 N–H and O–H groups in total. The van der Waals surface area contributed by atoms with Crippen LogP contribution in [0, 0.1) is 16.7 Å². The molecule has 0 aromatic rings. The van der Waals surface area contributed by atoms with E-state index in [1.807, 2.05) is 13.8 Å². The fraction of sp³-hybridized carbons (Fsp3) is 0.933. The second-order valence-corrected chi connectivity index (χ2v) is 6.61. The average Bonchev–Trinajstić information content (AvgIpc) is 2.37. The lowest BCUT2D eigenvalue weighted by atomic mass is 9.88. The second kappa shape index (κ2) is 6.54. The van der Waals surface area contributed by atoms with Gasteiger partial charge in [-0.2, -0.15) is 5.26 Å². The smallest absolute Gasteiger partial charge is 0.0683 e. The van der Waals surface area contributed by atoms with Gasteiger partial charge in [0.15, 0.2) is 0 Å². The molecule has 0 unspecified atom stereocenters. The van der Waals surface area contributed by atoms with Crippen molar-refractivity contribution in [2.75, 3.05) is 26.7 Å². The highest BCUT2D eigenvalue weighted by atomic mass is 15.1. The normalized spacial score (nSPS) is 20.6. The van der Waals surface area contributed by atoms with Crippen molar-refractivity contribution in [1.29, 1.82) is 5.26 Å². The lowest BCUT2D eigenvalue weighted by Crippen LogP contribution is -2.50. The lowest BCUT2D eigenvalue weighted by Gasteiger charge is -2.39. The summed E-state index contributed by atoms with van der Waals surface area (Å²) in [5.41, 5.74) is 0.200. The first-order valence-electron chi connectivity index (χ1n) is 7.23. The number of hydrogen-bond donors (Lipinski definition) is 1. The Bertz CT molecular complexity index is 283. The Morgan fingerprint density at radius 2 is 1.89 bits per heavy atom. The monoisotopic (exact) mass is 251 g/mol. The predicted molar refractivity (Wildman–Crippen MR) is 76.4 cm³/mol. The van der Waals surface area contributed by atoms with Gasteiger partial charge in [-0.15, -0.1) is 0 Å². The van der Waals surface area contributed by atoms with E-state index < -0.39 is 0 Å². The molecule has 18 heavy (non-hydrogen) atoms. The molecule has 104 valence electrons. The number of nitrogens with zero attached hydrogens (tertiary/aromatic N) is 2. The summed E-state index contributed by atoms with van der Waals surface area (Å²) in [5, 5.41) is 12.4. The third kappa shape index (κ3) is 4.96. The fourth-order valence-electron chi connectivity index (χ4n) is 2.48. The van der Waals surface area contributed by atoms with Crippen LogP contribution in [0.25, 0.3) is 0 Å². The molecule has 1 aliphatic rings. The largest absolute Gasteiger partial charge is 0.314 e. The van der Waals surface area contributed by atoms with Crippen molar-refractivity contribution in [2.24, 2.45) is 5.41 Å². The standard InChI is InChI=1S/C15H29N3/c1-14(2,13-16)7-5-6-10-18-11-8-15(3,17-4)9-12-18/h17H,5-12H2,1-4H3. The molecule has 3 heteroatoms. The third-order valence-corrected chi connectivity index (χ3v) is 4.39. The van der Waals surface area contributed by atoms with Crippen LogP contribution >= 0.6 is 0 Å². The molecule has 0 bridgehead atoms. The van der Waals surface area contributed by atoms with Gasteiger partial charge in [0, 0.05) is 5.54 Å². The van der Waals surface area contributed by atoms with Crippen LogP contribution in [0.2, 0.25) is 0 Å². The first kappa shape index (κ1) is 15.5. The molecule has 0 aromatic carbocycles. The molecule has 0 aromatic heterocycles. The topological polar surface area (TPSA) is 39.1 Å². The van der Waals surface area contributed by atoms with Crippen LogP contribution in [-0.4, -0.2) is 37.1 Å². The summed E-state index contributed by atoms with van der Waals surface area (Å²) >= 11 is 0. The summed E-state index contributed by atoms with van der Waals surface area (Å²) in [4.78, 5) is 2.57. The minimum atomic E-state index is -0.146. The van der Waals surface area contributed by atoms with Crippen molar-refractivity contribution in [1.82, 2.24) is 10.2 Å². The summed E-state index contributed by atoms with van der Waals surface area (Å²) in [7, 11) is 2.07. The van der Waals surface area contributed by atoms with Crippen molar-refractivity contribution in [3.05, 3.63) is 0 Å². The fourth-order valence-corrected chi connectivity index (χ4v) is 2.48. The molecule has 0 radical (unpaired) electrons. The van der Waals surface area contributed by atoms with Crippen LogP contribution in [0.1, 0.15) is 52.9 Å².